The number of aliphatic hydroxyl groups excluding tert-OH is 3. The van der Waals surface area contributed by atoms with Gasteiger partial charge in [0, 0.05) is 22.8 Å². The van der Waals surface area contributed by atoms with E-state index in [9.17, 15) is 29.8 Å². The maximum absolute atomic E-state index is 14.4. The van der Waals surface area contributed by atoms with Crippen molar-refractivity contribution in [2.24, 2.45) is 0 Å². The van der Waals surface area contributed by atoms with Gasteiger partial charge in [0.2, 0.25) is 0 Å². The number of aliphatic hydroxyl groups is 3. The summed E-state index contributed by atoms with van der Waals surface area (Å²) in [5, 5.41) is 59.0. The molecule has 5 unspecified atom stereocenters. The highest BCUT2D eigenvalue weighted by molar-refractivity contribution is 9.10. The van der Waals surface area contributed by atoms with E-state index in [0.717, 1.165) is 6.07 Å². The molecule has 1 amide bonds. The van der Waals surface area contributed by atoms with Crippen LogP contribution in [0.4, 0.5) is 10.1 Å². The van der Waals surface area contributed by atoms with Crippen LogP contribution in [0.15, 0.2) is 47.1 Å². The maximum Gasteiger partial charge on any atom is 0.259 e. The fraction of sp³-hybridized carbons (Fsp3) is 0.414. The van der Waals surface area contributed by atoms with Crippen molar-refractivity contribution in [1.82, 2.24) is 15.0 Å². The number of nitrogens with zero attached hydrogens (tertiary/aromatic N) is 6. The number of benzene rings is 2. The molecule has 1 aliphatic heterocycles. The summed E-state index contributed by atoms with van der Waals surface area (Å²) >= 11 is 3.39. The molecule has 2 aliphatic rings. The molecule has 3 N–H and O–H groups in total. The Balaban J connectivity index is 1.54. The van der Waals surface area contributed by atoms with Gasteiger partial charge in [-0.05, 0) is 49.6 Å². The molecule has 224 valence electrons. The first kappa shape index (κ1) is 30.7. The minimum Gasteiger partial charge on any atom is -0.394 e. The summed E-state index contributed by atoms with van der Waals surface area (Å²) in [6.07, 6.45) is -2.90. The van der Waals surface area contributed by atoms with Gasteiger partial charge in [0.05, 0.1) is 42.1 Å². The second-order valence-corrected chi connectivity index (χ2v) is 11.3. The van der Waals surface area contributed by atoms with Crippen LogP contribution in [-0.2, 0) is 14.3 Å². The van der Waals surface area contributed by atoms with Gasteiger partial charge in [0.25, 0.3) is 5.91 Å². The summed E-state index contributed by atoms with van der Waals surface area (Å²) in [6, 6.07) is 10.9. The van der Waals surface area contributed by atoms with Crippen LogP contribution in [0.25, 0.3) is 11.3 Å². The van der Waals surface area contributed by atoms with Crippen LogP contribution >= 0.6 is 15.9 Å². The fourth-order valence-corrected chi connectivity index (χ4v) is 6.28. The molecule has 1 saturated heterocycles. The normalized spacial score (nSPS) is 26.9. The summed E-state index contributed by atoms with van der Waals surface area (Å²) in [6.45, 7) is -0.637. The number of methoxy groups -OCH3 is 1. The average molecular weight is 655 g/mol. The highest BCUT2D eigenvalue weighted by Gasteiger charge is 2.52. The van der Waals surface area contributed by atoms with E-state index in [0.29, 0.717) is 40.5 Å². The van der Waals surface area contributed by atoms with Crippen LogP contribution in [0.5, 0.6) is 0 Å². The van der Waals surface area contributed by atoms with Crippen LogP contribution in [-0.4, -0.2) is 86.5 Å². The van der Waals surface area contributed by atoms with Crippen LogP contribution < -0.4 is 4.90 Å². The van der Waals surface area contributed by atoms with Gasteiger partial charge in [-0.2, -0.15) is 10.5 Å². The van der Waals surface area contributed by atoms with Gasteiger partial charge >= 0.3 is 0 Å². The summed E-state index contributed by atoms with van der Waals surface area (Å²) in [7, 11) is 1.34. The van der Waals surface area contributed by atoms with E-state index in [4.69, 9.17) is 14.7 Å². The molecular formula is C29H28BrFN6O6. The zero-order chi connectivity index (χ0) is 30.8. The second kappa shape index (κ2) is 12.9. The molecular weight excluding hydrogens is 627 g/mol. The highest BCUT2D eigenvalue weighted by atomic mass is 79.9. The van der Waals surface area contributed by atoms with Crippen molar-refractivity contribution in [2.45, 2.75) is 61.9 Å². The molecule has 43 heavy (non-hydrogen) atoms. The van der Waals surface area contributed by atoms with Crippen molar-refractivity contribution in [3.05, 3.63) is 64.0 Å². The number of halogens is 2. The Bertz CT molecular complexity index is 1590. The largest absolute Gasteiger partial charge is 0.394 e. The molecule has 2 fully saturated rings. The first-order valence-electron chi connectivity index (χ1n) is 13.5. The Labute approximate surface area is 254 Å². The van der Waals surface area contributed by atoms with Crippen molar-refractivity contribution >= 4 is 27.5 Å². The van der Waals surface area contributed by atoms with Crippen molar-refractivity contribution in [3.8, 4) is 23.4 Å². The molecule has 1 saturated carbocycles. The SMILES string of the molecule is COC1C(C(=O)N(c2cc(Br)cc(C#N)c2)[C@@H]2CCC[C@H]2O)OC(CO)C(O)C1n1cc(-c2ccc(C#N)c(F)c2)nn1. The molecule has 0 radical (unpaired) electrons. The molecule has 12 nitrogen and oxygen atoms in total. The number of carbonyl (C=O) groups is 1. The van der Waals surface area contributed by atoms with E-state index < -0.39 is 60.9 Å². The third-order valence-corrected chi connectivity index (χ3v) is 8.34. The zero-order valence-electron chi connectivity index (χ0n) is 22.9. The van der Waals surface area contributed by atoms with Gasteiger partial charge in [0.1, 0.15) is 41.9 Å². The summed E-state index contributed by atoms with van der Waals surface area (Å²) in [5.41, 5.74) is 1.07. The molecule has 5 rings (SSSR count). The molecule has 0 bridgehead atoms. The molecule has 1 aliphatic carbocycles. The number of hydrogen-bond acceptors (Lipinski definition) is 10. The molecule has 0 spiro atoms. The van der Waals surface area contributed by atoms with Gasteiger partial charge in [-0.25, -0.2) is 9.07 Å². The molecule has 3 aromatic rings. The quantitative estimate of drug-likeness (QED) is 0.342. The smallest absolute Gasteiger partial charge is 0.259 e. The first-order valence-corrected chi connectivity index (χ1v) is 14.3. The monoisotopic (exact) mass is 654 g/mol. The van der Waals surface area contributed by atoms with Gasteiger partial charge in [-0.3, -0.25) is 4.79 Å². The van der Waals surface area contributed by atoms with Crippen molar-refractivity contribution in [1.29, 1.82) is 10.5 Å². The van der Waals surface area contributed by atoms with Gasteiger partial charge in [0.15, 0.2) is 6.10 Å². The van der Waals surface area contributed by atoms with Crippen molar-refractivity contribution in [2.75, 3.05) is 18.6 Å². The fourth-order valence-electron chi connectivity index (χ4n) is 5.80. The highest BCUT2D eigenvalue weighted by Crippen LogP contribution is 2.37. The number of amides is 1. The third-order valence-electron chi connectivity index (χ3n) is 7.89. The Morgan fingerprint density at radius 1 is 1.23 bits per heavy atom. The van der Waals surface area contributed by atoms with Gasteiger partial charge < -0.3 is 29.7 Å². The molecule has 2 heterocycles. The van der Waals surface area contributed by atoms with Crippen LogP contribution in [0, 0.1) is 28.5 Å². The summed E-state index contributed by atoms with van der Waals surface area (Å²) in [5.74, 6) is -1.34. The lowest BCUT2D eigenvalue weighted by atomic mass is 9.91. The Kier molecular flexibility index (Phi) is 9.17. The number of aromatic nitrogens is 3. The Morgan fingerprint density at radius 2 is 2.02 bits per heavy atom. The predicted octanol–water partition coefficient (Wildman–Crippen LogP) is 2.21. The van der Waals surface area contributed by atoms with Crippen LogP contribution in [0.3, 0.4) is 0 Å². The maximum atomic E-state index is 14.4. The third kappa shape index (κ3) is 5.90. The minimum absolute atomic E-state index is 0.133. The van der Waals surface area contributed by atoms with E-state index in [1.54, 1.807) is 18.2 Å². The lowest BCUT2D eigenvalue weighted by molar-refractivity contribution is -0.211. The second-order valence-electron chi connectivity index (χ2n) is 10.4. The van der Waals surface area contributed by atoms with Crippen molar-refractivity contribution in [3.63, 3.8) is 0 Å². The molecule has 7 atom stereocenters. The van der Waals surface area contributed by atoms with Gasteiger partial charge in [-0.15, -0.1) is 5.10 Å². The number of anilines is 1. The van der Waals surface area contributed by atoms with Gasteiger partial charge in [-0.1, -0.05) is 27.2 Å². The minimum atomic E-state index is -1.40. The van der Waals surface area contributed by atoms with E-state index in [-0.39, 0.29) is 11.3 Å². The molecule has 14 heteroatoms. The molecule has 1 aromatic heterocycles. The lowest BCUT2D eigenvalue weighted by Gasteiger charge is -2.45. The Morgan fingerprint density at radius 3 is 2.65 bits per heavy atom. The number of carbonyl (C=O) groups excluding carboxylic acids is 1. The number of hydrogen-bond donors (Lipinski definition) is 3. The van der Waals surface area contributed by atoms with E-state index >= 15 is 0 Å². The number of rotatable bonds is 7. The lowest BCUT2D eigenvalue weighted by Crippen LogP contribution is -2.62. The van der Waals surface area contributed by atoms with E-state index in [1.165, 1.54) is 41.1 Å². The average Bonchev–Trinajstić information content (AvgIpc) is 3.66. The van der Waals surface area contributed by atoms with E-state index in [2.05, 4.69) is 32.3 Å². The zero-order valence-corrected chi connectivity index (χ0v) is 24.5. The summed E-state index contributed by atoms with van der Waals surface area (Å²) in [4.78, 5) is 15.8. The number of nitriles is 2. The van der Waals surface area contributed by atoms with E-state index in [1.807, 2.05) is 0 Å². The first-order chi connectivity index (χ1) is 20.7. The molecule has 2 aromatic carbocycles. The summed E-state index contributed by atoms with van der Waals surface area (Å²) < 4.78 is 27.8. The number of ether oxygens (including phenoxy) is 2. The Hall–Kier alpha value is -3.76. The van der Waals surface area contributed by atoms with Crippen LogP contribution in [0.2, 0.25) is 0 Å². The topological polar surface area (TPSA) is 178 Å². The van der Waals surface area contributed by atoms with Crippen LogP contribution in [0.1, 0.15) is 36.4 Å². The van der Waals surface area contributed by atoms with Crippen molar-refractivity contribution < 1.29 is 34.0 Å². The predicted molar refractivity (Wildman–Crippen MR) is 152 cm³/mol. The standard InChI is InChI=1S/C29H28BrFN6O6/c1-42-27-25(36-13-21(34-35-36)16-5-6-17(12-33)20(31)9-16)26(40)24(14-38)43-28(27)29(41)37(22-3-2-4-23(22)39)19-8-15(11-32)7-18(30)10-19/h5-10,13,22-28,38-40H,2-4,14H2,1H3/t22-,23-,24?,25?,26?,27?,28?/m1/s1.